The van der Waals surface area contributed by atoms with Crippen molar-refractivity contribution in [3.63, 3.8) is 0 Å². The van der Waals surface area contributed by atoms with Crippen LogP contribution in [0.3, 0.4) is 0 Å². The van der Waals surface area contributed by atoms with Crippen molar-refractivity contribution in [2.45, 2.75) is 36.4 Å². The lowest BCUT2D eigenvalue weighted by molar-refractivity contribution is -0.219. The maximum absolute atomic E-state index is 11.9. The summed E-state index contributed by atoms with van der Waals surface area (Å²) in [5.41, 5.74) is 0.842. The standard InChI is InChI=1S/C30H24O12/c31-13-3-1-12(2-4-13)30-29(39)25(23-17(34)7-14(32)8-21(23)41-30)24-22(42-30)10-16(33)15-9-20(37)27(40-28(15)24)11-5-18(35)26(38)19(36)6-11/h1-8,10,20,25,27,29,31-39H,9H2. The molecule has 9 N–H and O–H groups in total. The number of ether oxygens (including phenoxy) is 3. The Morgan fingerprint density at radius 2 is 1.31 bits per heavy atom. The highest BCUT2D eigenvalue weighted by Crippen LogP contribution is 2.62. The molecule has 3 heterocycles. The van der Waals surface area contributed by atoms with Crippen LogP contribution in [-0.2, 0) is 12.2 Å². The van der Waals surface area contributed by atoms with E-state index < -0.39 is 53.0 Å². The van der Waals surface area contributed by atoms with Crippen molar-refractivity contribution in [3.8, 4) is 57.5 Å². The van der Waals surface area contributed by atoms with E-state index >= 15 is 0 Å². The largest absolute Gasteiger partial charge is 0.508 e. The number of phenolic OH excluding ortho intramolecular Hbond substituents is 7. The number of phenols is 7. The van der Waals surface area contributed by atoms with Crippen molar-refractivity contribution < 1.29 is 60.2 Å². The molecule has 0 radical (unpaired) electrons. The summed E-state index contributed by atoms with van der Waals surface area (Å²) in [5, 5.41) is 94.9. The minimum Gasteiger partial charge on any atom is -0.508 e. The van der Waals surface area contributed by atoms with Gasteiger partial charge < -0.3 is 60.2 Å². The van der Waals surface area contributed by atoms with Crippen LogP contribution in [0.5, 0.6) is 57.5 Å². The third-order valence-electron chi connectivity index (χ3n) is 8.01. The van der Waals surface area contributed by atoms with Gasteiger partial charge in [-0.2, -0.15) is 0 Å². The molecule has 3 aliphatic heterocycles. The average molecular weight is 577 g/mol. The Kier molecular flexibility index (Phi) is 5.30. The Labute approximate surface area is 236 Å². The molecule has 12 nitrogen and oxygen atoms in total. The zero-order chi connectivity index (χ0) is 29.7. The molecule has 0 fully saturated rings. The second-order valence-corrected chi connectivity index (χ2v) is 10.6. The van der Waals surface area contributed by atoms with Gasteiger partial charge in [-0.15, -0.1) is 0 Å². The summed E-state index contributed by atoms with van der Waals surface area (Å²) < 4.78 is 18.7. The van der Waals surface area contributed by atoms with E-state index in [9.17, 15) is 46.0 Å². The summed E-state index contributed by atoms with van der Waals surface area (Å²) in [6, 6.07) is 11.5. The molecule has 2 bridgehead atoms. The van der Waals surface area contributed by atoms with Crippen LogP contribution in [0.25, 0.3) is 0 Å². The normalized spacial score (nSPS) is 25.2. The molecule has 4 aromatic rings. The minimum absolute atomic E-state index is 0.0101. The van der Waals surface area contributed by atoms with E-state index in [-0.39, 0.29) is 68.7 Å². The lowest BCUT2D eigenvalue weighted by Gasteiger charge is -2.50. The number of benzene rings is 4. The van der Waals surface area contributed by atoms with Gasteiger partial charge in [0.1, 0.15) is 46.4 Å². The van der Waals surface area contributed by atoms with E-state index in [2.05, 4.69) is 0 Å². The van der Waals surface area contributed by atoms with Gasteiger partial charge in [-0.3, -0.25) is 0 Å². The van der Waals surface area contributed by atoms with Crippen molar-refractivity contribution >= 4 is 0 Å². The number of aliphatic hydroxyl groups excluding tert-OH is 2. The van der Waals surface area contributed by atoms with E-state index in [0.29, 0.717) is 0 Å². The number of hydrogen-bond donors (Lipinski definition) is 9. The summed E-state index contributed by atoms with van der Waals surface area (Å²) in [4.78, 5) is 0. The van der Waals surface area contributed by atoms with Gasteiger partial charge in [0.2, 0.25) is 0 Å². The smallest absolute Gasteiger partial charge is 0.305 e. The topological polar surface area (TPSA) is 210 Å². The van der Waals surface area contributed by atoms with Crippen LogP contribution in [0.4, 0.5) is 0 Å². The second-order valence-electron chi connectivity index (χ2n) is 10.6. The number of fused-ring (bicyclic) bond motifs is 8. The van der Waals surface area contributed by atoms with E-state index in [4.69, 9.17) is 14.2 Å². The molecule has 216 valence electrons. The van der Waals surface area contributed by atoms with Crippen molar-refractivity contribution in [2.75, 3.05) is 0 Å². The van der Waals surface area contributed by atoms with Crippen molar-refractivity contribution in [2.24, 2.45) is 0 Å². The highest BCUT2D eigenvalue weighted by atomic mass is 16.7. The van der Waals surface area contributed by atoms with Crippen LogP contribution in [0.2, 0.25) is 0 Å². The van der Waals surface area contributed by atoms with Crippen LogP contribution in [-0.4, -0.2) is 58.2 Å². The molecule has 0 saturated carbocycles. The minimum atomic E-state index is -1.96. The SMILES string of the molecule is Oc1ccc(C23Oc4cc(O)cc(O)c4C(c4c(cc(O)c5c4OC(c4cc(O)c(O)c(O)c4)C(O)C5)O2)C3O)cc1. The molecule has 0 aromatic heterocycles. The maximum Gasteiger partial charge on any atom is 0.305 e. The third kappa shape index (κ3) is 3.49. The average Bonchev–Trinajstić information content (AvgIpc) is 2.92. The Bertz CT molecular complexity index is 1740. The van der Waals surface area contributed by atoms with Crippen LogP contribution in [0, 0.1) is 0 Å². The van der Waals surface area contributed by atoms with Crippen molar-refractivity contribution in [3.05, 3.63) is 82.4 Å². The van der Waals surface area contributed by atoms with Gasteiger partial charge in [0.25, 0.3) is 0 Å². The van der Waals surface area contributed by atoms with Crippen molar-refractivity contribution in [1.82, 2.24) is 0 Å². The fourth-order valence-corrected chi connectivity index (χ4v) is 6.12. The molecular weight excluding hydrogens is 552 g/mol. The van der Waals surface area contributed by atoms with Gasteiger partial charge in [0.05, 0.1) is 12.0 Å². The van der Waals surface area contributed by atoms with E-state index in [0.717, 1.165) is 18.2 Å². The first-order valence-electron chi connectivity index (χ1n) is 12.9. The number of rotatable bonds is 2. The number of hydrogen-bond acceptors (Lipinski definition) is 12. The molecule has 0 saturated heterocycles. The van der Waals surface area contributed by atoms with Gasteiger partial charge in [-0.05, 0) is 36.4 Å². The summed E-state index contributed by atoms with van der Waals surface area (Å²) in [5.74, 6) is -6.19. The molecule has 4 aromatic carbocycles. The molecule has 5 atom stereocenters. The Hall–Kier alpha value is -5.20. The quantitative estimate of drug-likeness (QED) is 0.158. The van der Waals surface area contributed by atoms with Crippen LogP contribution >= 0.6 is 0 Å². The van der Waals surface area contributed by atoms with Gasteiger partial charge in [0.15, 0.2) is 23.4 Å². The van der Waals surface area contributed by atoms with E-state index in [1.165, 1.54) is 36.4 Å². The number of aromatic hydroxyl groups is 7. The first-order chi connectivity index (χ1) is 20.0. The van der Waals surface area contributed by atoms with Gasteiger partial charge >= 0.3 is 5.79 Å². The monoisotopic (exact) mass is 576 g/mol. The molecule has 5 unspecified atom stereocenters. The summed E-state index contributed by atoms with van der Waals surface area (Å²) >= 11 is 0. The molecule has 12 heteroatoms. The Morgan fingerprint density at radius 1 is 0.667 bits per heavy atom. The lowest BCUT2D eigenvalue weighted by Crippen LogP contribution is -2.57. The number of aliphatic hydroxyl groups is 2. The maximum atomic E-state index is 11.9. The van der Waals surface area contributed by atoms with Crippen LogP contribution in [0.15, 0.2) is 54.6 Å². The molecule has 3 aliphatic rings. The zero-order valence-corrected chi connectivity index (χ0v) is 21.5. The molecule has 0 amide bonds. The first-order valence-corrected chi connectivity index (χ1v) is 12.9. The van der Waals surface area contributed by atoms with Gasteiger partial charge in [-0.1, -0.05) is 0 Å². The predicted molar refractivity (Wildman–Crippen MR) is 141 cm³/mol. The summed E-state index contributed by atoms with van der Waals surface area (Å²) in [7, 11) is 0. The van der Waals surface area contributed by atoms with Crippen molar-refractivity contribution in [1.29, 1.82) is 0 Å². The first kappa shape index (κ1) is 25.7. The lowest BCUT2D eigenvalue weighted by atomic mass is 9.74. The molecule has 0 aliphatic carbocycles. The Morgan fingerprint density at radius 3 is 1.98 bits per heavy atom. The predicted octanol–water partition coefficient (Wildman–Crippen LogP) is 2.79. The fraction of sp³-hybridized carbons (Fsp3) is 0.200. The van der Waals surface area contributed by atoms with Crippen LogP contribution < -0.4 is 14.2 Å². The Balaban J connectivity index is 1.47. The fourth-order valence-electron chi connectivity index (χ4n) is 6.12. The zero-order valence-electron chi connectivity index (χ0n) is 21.5. The summed E-state index contributed by atoms with van der Waals surface area (Å²) in [6.45, 7) is 0. The van der Waals surface area contributed by atoms with Gasteiger partial charge in [0, 0.05) is 52.4 Å². The molecule has 42 heavy (non-hydrogen) atoms. The second kappa shape index (κ2) is 8.65. The van der Waals surface area contributed by atoms with Crippen LogP contribution in [0.1, 0.15) is 39.8 Å². The van der Waals surface area contributed by atoms with E-state index in [1.54, 1.807) is 0 Å². The molecule has 7 rings (SSSR count). The molecular formula is C30H24O12. The summed E-state index contributed by atoms with van der Waals surface area (Å²) in [6.07, 6.45) is -4.20. The highest BCUT2D eigenvalue weighted by Gasteiger charge is 2.60. The van der Waals surface area contributed by atoms with E-state index in [1.807, 2.05) is 0 Å². The molecule has 0 spiro atoms. The van der Waals surface area contributed by atoms with Gasteiger partial charge in [-0.25, -0.2) is 0 Å². The third-order valence-corrected chi connectivity index (χ3v) is 8.01. The highest BCUT2D eigenvalue weighted by molar-refractivity contribution is 5.68.